The fraction of sp³-hybridized carbons (Fsp3) is 0.846. The molecule has 6 nitrogen and oxygen atoms in total. The van der Waals surface area contributed by atoms with E-state index in [-0.39, 0.29) is 35.9 Å². The number of nitrogens with zero attached hydrogens (tertiary/aromatic N) is 4. The molecule has 1 amide bonds. The number of amides is 1. The summed E-state index contributed by atoms with van der Waals surface area (Å²) in [6.45, 7) is 7.32. The Labute approximate surface area is 138 Å². The molecule has 0 saturated carbocycles. The van der Waals surface area contributed by atoms with Crippen LogP contribution in [0.4, 0.5) is 0 Å². The molecule has 2 aliphatic rings. The van der Waals surface area contributed by atoms with Crippen molar-refractivity contribution in [1.29, 1.82) is 0 Å². The highest BCUT2D eigenvalue weighted by Crippen LogP contribution is 2.13. The van der Waals surface area contributed by atoms with E-state index in [1.807, 2.05) is 11.8 Å². The number of halogens is 1. The minimum atomic E-state index is -0.0139. The molecular weight excluding hydrogens is 369 g/mol. The number of hydrogen-bond donors (Lipinski definition) is 1. The number of hydrogen-bond acceptors (Lipinski definition) is 3. The van der Waals surface area contributed by atoms with Crippen molar-refractivity contribution >= 4 is 35.8 Å². The number of likely N-dealkylation sites (tertiary alicyclic amines) is 1. The lowest BCUT2D eigenvalue weighted by Gasteiger charge is -2.38. The second-order valence-corrected chi connectivity index (χ2v) is 5.31. The van der Waals surface area contributed by atoms with Crippen molar-refractivity contribution in [3.8, 4) is 0 Å². The summed E-state index contributed by atoms with van der Waals surface area (Å²) in [6, 6.07) is -0.0139. The van der Waals surface area contributed by atoms with Crippen LogP contribution in [0.1, 0.15) is 19.8 Å². The molecule has 0 spiro atoms. The Morgan fingerprint density at radius 2 is 1.60 bits per heavy atom. The van der Waals surface area contributed by atoms with Crippen molar-refractivity contribution in [3.05, 3.63) is 0 Å². The topological polar surface area (TPSA) is 65.2 Å². The van der Waals surface area contributed by atoms with E-state index < -0.39 is 0 Å². The van der Waals surface area contributed by atoms with E-state index in [9.17, 15) is 4.79 Å². The molecule has 2 heterocycles. The monoisotopic (exact) mass is 395 g/mol. The summed E-state index contributed by atoms with van der Waals surface area (Å²) < 4.78 is 0. The number of guanidine groups is 1. The van der Waals surface area contributed by atoms with Crippen LogP contribution in [-0.2, 0) is 4.79 Å². The van der Waals surface area contributed by atoms with E-state index in [1.165, 1.54) is 0 Å². The molecule has 0 aromatic carbocycles. The van der Waals surface area contributed by atoms with Crippen LogP contribution in [0.5, 0.6) is 0 Å². The molecule has 2 aliphatic heterocycles. The van der Waals surface area contributed by atoms with Crippen molar-refractivity contribution in [3.63, 3.8) is 0 Å². The van der Waals surface area contributed by atoms with Gasteiger partial charge in [-0.1, -0.05) is 0 Å². The van der Waals surface area contributed by atoms with E-state index in [4.69, 9.17) is 5.73 Å². The van der Waals surface area contributed by atoms with Crippen molar-refractivity contribution in [2.24, 2.45) is 10.7 Å². The number of nitrogens with two attached hydrogens (primary N) is 1. The highest BCUT2D eigenvalue weighted by molar-refractivity contribution is 14.0. The summed E-state index contributed by atoms with van der Waals surface area (Å²) in [5.74, 6) is 0.876. The maximum Gasteiger partial charge on any atom is 0.239 e. The van der Waals surface area contributed by atoms with Crippen LogP contribution >= 0.6 is 24.0 Å². The van der Waals surface area contributed by atoms with E-state index >= 15 is 0 Å². The normalized spacial score (nSPS) is 22.6. The van der Waals surface area contributed by atoms with Gasteiger partial charge in [0.1, 0.15) is 0 Å². The third-order valence-corrected chi connectivity index (χ3v) is 4.19. The first-order valence-electron chi connectivity index (χ1n) is 7.13. The zero-order valence-corrected chi connectivity index (χ0v) is 14.7. The molecule has 0 bridgehead atoms. The standard InChI is InChI=1S/C13H25N5O.HI/c1-11(12(19)17-5-3-4-6-17)16-7-9-18(10-8-16)13(14)15-2;/h11H,3-10H2,1-2H3,(H2,14,15);1H. The van der Waals surface area contributed by atoms with Crippen molar-refractivity contribution in [1.82, 2.24) is 14.7 Å². The summed E-state index contributed by atoms with van der Waals surface area (Å²) in [5.41, 5.74) is 5.81. The maximum absolute atomic E-state index is 12.3. The molecule has 2 N–H and O–H groups in total. The van der Waals surface area contributed by atoms with E-state index in [1.54, 1.807) is 7.05 Å². The molecule has 7 heteroatoms. The van der Waals surface area contributed by atoms with Gasteiger partial charge < -0.3 is 15.5 Å². The van der Waals surface area contributed by atoms with Crippen LogP contribution < -0.4 is 5.73 Å². The lowest BCUT2D eigenvalue weighted by atomic mass is 10.2. The third kappa shape index (κ3) is 3.97. The average molecular weight is 395 g/mol. The molecular formula is C13H26IN5O. The first-order chi connectivity index (χ1) is 9.13. The van der Waals surface area contributed by atoms with Gasteiger partial charge >= 0.3 is 0 Å². The molecule has 20 heavy (non-hydrogen) atoms. The van der Waals surface area contributed by atoms with Crippen molar-refractivity contribution in [2.45, 2.75) is 25.8 Å². The van der Waals surface area contributed by atoms with Crippen LogP contribution in [-0.4, -0.2) is 78.9 Å². The highest BCUT2D eigenvalue weighted by Gasteiger charge is 2.30. The van der Waals surface area contributed by atoms with Crippen molar-refractivity contribution < 1.29 is 4.79 Å². The van der Waals surface area contributed by atoms with Gasteiger partial charge in [0.25, 0.3) is 0 Å². The van der Waals surface area contributed by atoms with E-state index in [0.29, 0.717) is 5.96 Å². The Morgan fingerprint density at radius 3 is 2.10 bits per heavy atom. The van der Waals surface area contributed by atoms with Gasteiger partial charge in [0.05, 0.1) is 6.04 Å². The maximum atomic E-state index is 12.3. The second kappa shape index (κ2) is 8.02. The summed E-state index contributed by atoms with van der Waals surface area (Å²) in [5, 5.41) is 0. The quantitative estimate of drug-likeness (QED) is 0.412. The van der Waals surface area contributed by atoms with Crippen LogP contribution in [0.2, 0.25) is 0 Å². The number of carbonyl (C=O) groups is 1. The molecule has 0 aliphatic carbocycles. The van der Waals surface area contributed by atoms with Crippen LogP contribution in [0.25, 0.3) is 0 Å². The molecule has 1 atom stereocenters. The van der Waals surface area contributed by atoms with E-state index in [2.05, 4.69) is 14.8 Å². The van der Waals surface area contributed by atoms with Gasteiger partial charge in [-0.15, -0.1) is 24.0 Å². The molecule has 0 aromatic rings. The minimum absolute atomic E-state index is 0. The fourth-order valence-electron chi connectivity index (χ4n) is 2.84. The SMILES string of the molecule is CN=C(N)N1CCN(C(C)C(=O)N2CCCC2)CC1.I. The molecule has 0 aromatic heterocycles. The van der Waals surface area contributed by atoms with Crippen LogP contribution in [0.3, 0.4) is 0 Å². The summed E-state index contributed by atoms with van der Waals surface area (Å²) in [6.07, 6.45) is 2.30. The summed E-state index contributed by atoms with van der Waals surface area (Å²) >= 11 is 0. The van der Waals surface area contributed by atoms with Gasteiger partial charge in [0.15, 0.2) is 5.96 Å². The molecule has 0 radical (unpaired) electrons. The van der Waals surface area contributed by atoms with Gasteiger partial charge in [0, 0.05) is 46.3 Å². The number of rotatable bonds is 2. The Morgan fingerprint density at radius 1 is 1.05 bits per heavy atom. The second-order valence-electron chi connectivity index (χ2n) is 5.31. The minimum Gasteiger partial charge on any atom is -0.370 e. The fourth-order valence-corrected chi connectivity index (χ4v) is 2.84. The van der Waals surface area contributed by atoms with Crippen LogP contribution in [0, 0.1) is 0 Å². The Kier molecular flexibility index (Phi) is 7.01. The predicted octanol–water partition coefficient (Wildman–Crippen LogP) is 0.177. The molecule has 2 saturated heterocycles. The number of piperazine rings is 1. The molecule has 2 fully saturated rings. The smallest absolute Gasteiger partial charge is 0.239 e. The van der Waals surface area contributed by atoms with Gasteiger partial charge in [0.2, 0.25) is 5.91 Å². The number of carbonyl (C=O) groups excluding carboxylic acids is 1. The van der Waals surface area contributed by atoms with Gasteiger partial charge in [-0.05, 0) is 19.8 Å². The van der Waals surface area contributed by atoms with Crippen molar-refractivity contribution in [2.75, 3.05) is 46.3 Å². The zero-order chi connectivity index (χ0) is 13.8. The summed E-state index contributed by atoms with van der Waals surface area (Å²) in [7, 11) is 1.71. The van der Waals surface area contributed by atoms with Crippen LogP contribution in [0.15, 0.2) is 4.99 Å². The third-order valence-electron chi connectivity index (χ3n) is 4.19. The Hall–Kier alpha value is -0.570. The molecule has 116 valence electrons. The van der Waals surface area contributed by atoms with Gasteiger partial charge in [-0.3, -0.25) is 14.7 Å². The largest absolute Gasteiger partial charge is 0.370 e. The Bertz CT molecular complexity index is 349. The average Bonchev–Trinajstić information content (AvgIpc) is 2.99. The predicted molar refractivity (Wildman–Crippen MR) is 91.4 cm³/mol. The number of aliphatic imine (C=N–C) groups is 1. The lowest BCUT2D eigenvalue weighted by Crippen LogP contribution is -2.56. The van der Waals surface area contributed by atoms with E-state index in [0.717, 1.165) is 52.1 Å². The zero-order valence-electron chi connectivity index (χ0n) is 12.4. The van der Waals surface area contributed by atoms with Gasteiger partial charge in [-0.25, -0.2) is 0 Å². The first-order valence-corrected chi connectivity index (χ1v) is 7.13. The lowest BCUT2D eigenvalue weighted by molar-refractivity contribution is -0.135. The highest BCUT2D eigenvalue weighted by atomic mass is 127. The Balaban J connectivity index is 0.00000200. The molecule has 2 rings (SSSR count). The van der Waals surface area contributed by atoms with Gasteiger partial charge in [-0.2, -0.15) is 0 Å². The molecule has 1 unspecified atom stereocenters. The first kappa shape index (κ1) is 17.5. The summed E-state index contributed by atoms with van der Waals surface area (Å²) in [4.78, 5) is 22.7.